The van der Waals surface area contributed by atoms with Crippen LogP contribution in [0.25, 0.3) is 0 Å². The van der Waals surface area contributed by atoms with Crippen LogP contribution in [0.5, 0.6) is 0 Å². The first-order valence-electron chi connectivity index (χ1n) is 5.18. The molecule has 1 atom stereocenters. The van der Waals surface area contributed by atoms with E-state index >= 15 is 0 Å². The summed E-state index contributed by atoms with van der Waals surface area (Å²) < 4.78 is 39.8. The van der Waals surface area contributed by atoms with Gasteiger partial charge in [0, 0.05) is 16.1 Å². The van der Waals surface area contributed by atoms with Crippen LogP contribution in [-0.4, -0.2) is 5.11 Å². The summed E-state index contributed by atoms with van der Waals surface area (Å²) in [5.41, 5.74) is -0.304. The third-order valence-corrected chi connectivity index (χ3v) is 3.23. The predicted octanol–water partition coefficient (Wildman–Crippen LogP) is 4.49. The molecule has 0 bridgehead atoms. The molecule has 1 unspecified atom stereocenters. The van der Waals surface area contributed by atoms with Crippen LogP contribution >= 0.6 is 23.2 Å². The van der Waals surface area contributed by atoms with Gasteiger partial charge in [-0.2, -0.15) is 0 Å². The number of aliphatic hydroxyl groups is 1. The molecule has 2 aromatic carbocycles. The Bertz CT molecular complexity index is 632. The molecular weight excluding hydrogens is 300 g/mol. The van der Waals surface area contributed by atoms with E-state index in [0.717, 1.165) is 12.1 Å². The maximum atomic E-state index is 13.7. The Kier molecular flexibility index (Phi) is 4.04. The van der Waals surface area contributed by atoms with Crippen LogP contribution < -0.4 is 0 Å². The zero-order chi connectivity index (χ0) is 14.2. The highest BCUT2D eigenvalue weighted by atomic mass is 35.5. The number of aliphatic hydroxyl groups excluding tert-OH is 1. The Hall–Kier alpha value is -1.23. The summed E-state index contributed by atoms with van der Waals surface area (Å²) in [4.78, 5) is 0. The first-order valence-corrected chi connectivity index (χ1v) is 5.94. The number of hydrogen-bond acceptors (Lipinski definition) is 1. The molecule has 0 fully saturated rings. The fourth-order valence-electron chi connectivity index (χ4n) is 1.65. The van der Waals surface area contributed by atoms with E-state index in [0.29, 0.717) is 0 Å². The third-order valence-electron chi connectivity index (χ3n) is 2.61. The van der Waals surface area contributed by atoms with Crippen LogP contribution in [0.3, 0.4) is 0 Å². The fraction of sp³-hybridized carbons (Fsp3) is 0.0769. The van der Waals surface area contributed by atoms with E-state index in [9.17, 15) is 18.3 Å². The van der Waals surface area contributed by atoms with E-state index in [1.54, 1.807) is 0 Å². The third kappa shape index (κ3) is 2.71. The number of halogens is 5. The topological polar surface area (TPSA) is 20.2 Å². The number of benzene rings is 2. The molecule has 0 spiro atoms. The van der Waals surface area contributed by atoms with Crippen LogP contribution in [-0.2, 0) is 0 Å². The lowest BCUT2D eigenvalue weighted by Crippen LogP contribution is -2.05. The van der Waals surface area contributed by atoms with Gasteiger partial charge < -0.3 is 5.11 Å². The molecule has 100 valence electrons. The van der Waals surface area contributed by atoms with Gasteiger partial charge in [0.15, 0.2) is 11.6 Å². The Morgan fingerprint density at radius 1 is 0.895 bits per heavy atom. The maximum absolute atomic E-state index is 13.7. The Morgan fingerprint density at radius 3 is 2.21 bits per heavy atom. The van der Waals surface area contributed by atoms with Gasteiger partial charge in [0.25, 0.3) is 0 Å². The van der Waals surface area contributed by atoms with Crippen molar-refractivity contribution < 1.29 is 18.3 Å². The molecule has 1 nitrogen and oxygen atoms in total. The average Bonchev–Trinajstić information content (AvgIpc) is 2.36. The molecule has 0 radical (unpaired) electrons. The second-order valence-corrected chi connectivity index (χ2v) is 4.65. The van der Waals surface area contributed by atoms with E-state index in [4.69, 9.17) is 23.2 Å². The average molecular weight is 307 g/mol. The number of hydrogen-bond donors (Lipinski definition) is 1. The van der Waals surface area contributed by atoms with Gasteiger partial charge in [-0.3, -0.25) is 0 Å². The van der Waals surface area contributed by atoms with E-state index in [-0.39, 0.29) is 21.2 Å². The summed E-state index contributed by atoms with van der Waals surface area (Å²) in [6.45, 7) is 0. The standard InChI is InChI=1S/C13H7Cl2F3O/c14-8-3-1-2-6(12(8)18)13(19)7-4-10(16)11(17)5-9(7)15/h1-5,13,19H. The van der Waals surface area contributed by atoms with Crippen molar-refractivity contribution in [2.45, 2.75) is 6.10 Å². The molecule has 2 aromatic rings. The quantitative estimate of drug-likeness (QED) is 0.810. The molecule has 0 aliphatic carbocycles. The minimum absolute atomic E-state index is 0.137. The van der Waals surface area contributed by atoms with Crippen molar-refractivity contribution in [3.8, 4) is 0 Å². The largest absolute Gasteiger partial charge is 0.383 e. The smallest absolute Gasteiger partial charge is 0.160 e. The predicted molar refractivity (Wildman–Crippen MR) is 66.8 cm³/mol. The summed E-state index contributed by atoms with van der Waals surface area (Å²) in [6, 6.07) is 5.46. The molecule has 6 heteroatoms. The molecular formula is C13H7Cl2F3O. The molecule has 0 aliphatic rings. The van der Waals surface area contributed by atoms with Crippen molar-refractivity contribution in [2.75, 3.05) is 0 Å². The zero-order valence-corrected chi connectivity index (χ0v) is 10.8. The van der Waals surface area contributed by atoms with E-state index in [1.807, 2.05) is 0 Å². The summed E-state index contributed by atoms with van der Waals surface area (Å²) in [6.07, 6.45) is -1.54. The van der Waals surface area contributed by atoms with Crippen molar-refractivity contribution in [2.24, 2.45) is 0 Å². The molecule has 2 rings (SSSR count). The van der Waals surface area contributed by atoms with Gasteiger partial charge in [0.1, 0.15) is 11.9 Å². The van der Waals surface area contributed by atoms with Crippen molar-refractivity contribution in [3.05, 3.63) is 69.0 Å². The monoisotopic (exact) mass is 306 g/mol. The maximum Gasteiger partial charge on any atom is 0.160 e. The highest BCUT2D eigenvalue weighted by Crippen LogP contribution is 2.32. The van der Waals surface area contributed by atoms with Gasteiger partial charge >= 0.3 is 0 Å². The second-order valence-electron chi connectivity index (χ2n) is 3.83. The molecule has 1 N–H and O–H groups in total. The van der Waals surface area contributed by atoms with E-state index < -0.39 is 23.6 Å². The molecule has 0 aromatic heterocycles. The van der Waals surface area contributed by atoms with Gasteiger partial charge in [-0.15, -0.1) is 0 Å². The van der Waals surface area contributed by atoms with Crippen molar-refractivity contribution >= 4 is 23.2 Å². The second kappa shape index (κ2) is 5.41. The van der Waals surface area contributed by atoms with Crippen molar-refractivity contribution in [3.63, 3.8) is 0 Å². The molecule has 0 saturated carbocycles. The van der Waals surface area contributed by atoms with Crippen LogP contribution in [0.15, 0.2) is 30.3 Å². The lowest BCUT2D eigenvalue weighted by molar-refractivity contribution is 0.214. The van der Waals surface area contributed by atoms with Gasteiger partial charge in [-0.1, -0.05) is 35.3 Å². The molecule has 0 saturated heterocycles. The van der Waals surface area contributed by atoms with Crippen LogP contribution in [0.2, 0.25) is 10.0 Å². The van der Waals surface area contributed by atoms with Crippen molar-refractivity contribution in [1.82, 2.24) is 0 Å². The minimum atomic E-state index is -1.54. The van der Waals surface area contributed by atoms with E-state index in [2.05, 4.69) is 0 Å². The molecule has 0 aliphatic heterocycles. The normalized spacial score (nSPS) is 12.5. The van der Waals surface area contributed by atoms with Gasteiger partial charge in [-0.25, -0.2) is 13.2 Å². The summed E-state index contributed by atoms with van der Waals surface area (Å²) >= 11 is 11.3. The van der Waals surface area contributed by atoms with E-state index in [1.165, 1.54) is 18.2 Å². The first kappa shape index (κ1) is 14.2. The molecule has 0 heterocycles. The number of rotatable bonds is 2. The lowest BCUT2D eigenvalue weighted by atomic mass is 10.0. The SMILES string of the molecule is OC(c1cc(F)c(F)cc1Cl)c1cccc(Cl)c1F. The van der Waals surface area contributed by atoms with Crippen LogP contribution in [0, 0.1) is 17.5 Å². The zero-order valence-electron chi connectivity index (χ0n) is 9.30. The Labute approximate surface area is 117 Å². The minimum Gasteiger partial charge on any atom is -0.383 e. The molecule has 19 heavy (non-hydrogen) atoms. The van der Waals surface area contributed by atoms with Gasteiger partial charge in [0.2, 0.25) is 0 Å². The summed E-state index contributed by atoms with van der Waals surface area (Å²) in [7, 11) is 0. The fourth-order valence-corrected chi connectivity index (χ4v) is 2.08. The van der Waals surface area contributed by atoms with Crippen molar-refractivity contribution in [1.29, 1.82) is 0 Å². The molecule has 0 amide bonds. The highest BCUT2D eigenvalue weighted by Gasteiger charge is 2.21. The summed E-state index contributed by atoms with van der Waals surface area (Å²) in [5.74, 6) is -3.16. The Morgan fingerprint density at radius 2 is 1.53 bits per heavy atom. The lowest BCUT2D eigenvalue weighted by Gasteiger charge is -2.14. The van der Waals surface area contributed by atoms with Gasteiger partial charge in [-0.05, 0) is 18.2 Å². The summed E-state index contributed by atoms with van der Waals surface area (Å²) in [5, 5.41) is 9.63. The van der Waals surface area contributed by atoms with Crippen LogP contribution in [0.4, 0.5) is 13.2 Å². The first-order chi connectivity index (χ1) is 8.91. The Balaban J connectivity index is 2.53. The van der Waals surface area contributed by atoms with Gasteiger partial charge in [0.05, 0.1) is 5.02 Å². The highest BCUT2D eigenvalue weighted by molar-refractivity contribution is 6.31. The van der Waals surface area contributed by atoms with Crippen LogP contribution in [0.1, 0.15) is 17.2 Å².